The van der Waals surface area contributed by atoms with Gasteiger partial charge < -0.3 is 5.32 Å². The summed E-state index contributed by atoms with van der Waals surface area (Å²) in [5, 5.41) is 22.3. The third-order valence-electron chi connectivity index (χ3n) is 5.61. The van der Waals surface area contributed by atoms with Crippen molar-refractivity contribution in [1.29, 1.82) is 5.26 Å². The van der Waals surface area contributed by atoms with E-state index < -0.39 is 0 Å². The number of fused-ring (bicyclic) bond motifs is 1. The van der Waals surface area contributed by atoms with E-state index in [0.29, 0.717) is 46.9 Å². The van der Waals surface area contributed by atoms with Crippen LogP contribution in [0.15, 0.2) is 36.5 Å². The second-order valence-electron chi connectivity index (χ2n) is 8.56. The molecule has 0 aliphatic heterocycles. The number of carbonyl (C=O) groups excluding carboxylic acids is 1. The number of hydrogen-bond donors (Lipinski definition) is 1. The number of aromatic nitrogens is 5. The Balaban J connectivity index is 1.46. The Morgan fingerprint density at radius 3 is 2.76 bits per heavy atom. The fourth-order valence-corrected chi connectivity index (χ4v) is 4.29. The highest BCUT2D eigenvalue weighted by atomic mass is 35.5. The van der Waals surface area contributed by atoms with Gasteiger partial charge in [0.15, 0.2) is 5.65 Å². The molecule has 0 aliphatic carbocycles. The summed E-state index contributed by atoms with van der Waals surface area (Å²) >= 11 is 6.14. The van der Waals surface area contributed by atoms with Crippen LogP contribution >= 0.6 is 11.6 Å². The minimum atomic E-state index is -0.180. The molecule has 0 atom stereocenters. The van der Waals surface area contributed by atoms with Gasteiger partial charge in [-0.05, 0) is 56.9 Å². The summed E-state index contributed by atoms with van der Waals surface area (Å²) in [5.41, 5.74) is 5.70. The van der Waals surface area contributed by atoms with Crippen molar-refractivity contribution in [2.75, 3.05) is 6.54 Å². The highest BCUT2D eigenvalue weighted by molar-refractivity contribution is 6.30. The monoisotopic (exact) mass is 475 g/mol. The summed E-state index contributed by atoms with van der Waals surface area (Å²) in [6.45, 7) is 8.34. The lowest BCUT2D eigenvalue weighted by molar-refractivity contribution is 0.0952. The number of aryl methyl sites for hydroxylation is 3. The molecule has 9 heteroatoms. The van der Waals surface area contributed by atoms with Crippen LogP contribution in [0.2, 0.25) is 5.02 Å². The SMILES string of the molecule is Cc1cc(C)n2nc(CCCNC(=O)c3cnn(-c4cccc(Cl)c4)c3C(C)C)c(C#N)c2n1. The van der Waals surface area contributed by atoms with Gasteiger partial charge in [0.25, 0.3) is 5.91 Å². The minimum Gasteiger partial charge on any atom is -0.352 e. The summed E-state index contributed by atoms with van der Waals surface area (Å²) < 4.78 is 3.47. The van der Waals surface area contributed by atoms with Gasteiger partial charge in [-0.15, -0.1) is 0 Å². The largest absolute Gasteiger partial charge is 0.352 e. The second-order valence-corrected chi connectivity index (χ2v) is 8.99. The molecule has 0 spiro atoms. The number of nitriles is 1. The average Bonchev–Trinajstić information content (AvgIpc) is 3.38. The summed E-state index contributed by atoms with van der Waals surface area (Å²) in [6, 6.07) is 11.6. The molecule has 4 aromatic rings. The topological polar surface area (TPSA) is 101 Å². The van der Waals surface area contributed by atoms with E-state index in [-0.39, 0.29) is 11.8 Å². The number of benzene rings is 1. The van der Waals surface area contributed by atoms with Gasteiger partial charge in [-0.1, -0.05) is 31.5 Å². The van der Waals surface area contributed by atoms with Crippen LogP contribution in [0, 0.1) is 25.2 Å². The Kier molecular flexibility index (Phi) is 6.66. The highest BCUT2D eigenvalue weighted by Crippen LogP contribution is 2.24. The lowest BCUT2D eigenvalue weighted by Crippen LogP contribution is -2.26. The van der Waals surface area contributed by atoms with Crippen LogP contribution < -0.4 is 5.32 Å². The number of hydrogen-bond acceptors (Lipinski definition) is 5. The zero-order chi connectivity index (χ0) is 24.4. The number of rotatable bonds is 7. The van der Waals surface area contributed by atoms with Crippen LogP contribution in [-0.2, 0) is 6.42 Å². The quantitative estimate of drug-likeness (QED) is 0.395. The molecule has 0 unspecified atom stereocenters. The van der Waals surface area contributed by atoms with Crippen molar-refractivity contribution in [1.82, 2.24) is 29.7 Å². The Morgan fingerprint density at radius 2 is 2.06 bits per heavy atom. The van der Waals surface area contributed by atoms with Crippen LogP contribution in [0.3, 0.4) is 0 Å². The Hall–Kier alpha value is -3.70. The first-order valence-corrected chi connectivity index (χ1v) is 11.6. The Labute approximate surface area is 203 Å². The van der Waals surface area contributed by atoms with Gasteiger partial charge >= 0.3 is 0 Å². The van der Waals surface area contributed by atoms with Crippen molar-refractivity contribution in [2.24, 2.45) is 0 Å². The molecule has 1 amide bonds. The van der Waals surface area contributed by atoms with E-state index in [0.717, 1.165) is 22.8 Å². The molecule has 8 nitrogen and oxygen atoms in total. The van der Waals surface area contributed by atoms with E-state index in [9.17, 15) is 10.1 Å². The zero-order valence-corrected chi connectivity index (χ0v) is 20.4. The van der Waals surface area contributed by atoms with E-state index in [2.05, 4.69) is 26.6 Å². The predicted molar refractivity (Wildman–Crippen MR) is 130 cm³/mol. The molecule has 1 aromatic carbocycles. The Morgan fingerprint density at radius 1 is 1.26 bits per heavy atom. The van der Waals surface area contributed by atoms with Crippen molar-refractivity contribution in [3.63, 3.8) is 0 Å². The molecule has 1 N–H and O–H groups in total. The molecule has 0 fully saturated rings. The Bertz CT molecular complexity index is 1410. The number of nitrogens with zero attached hydrogens (tertiary/aromatic N) is 6. The molecule has 0 radical (unpaired) electrons. The standard InChI is InChI=1S/C25H26ClN7O/c1-15(2)23-21(14-29-33(23)19-8-5-7-18(26)12-19)25(34)28-10-6-9-22-20(13-27)24-30-16(3)11-17(4)32(24)31-22/h5,7-8,11-12,14-15H,6,9-10H2,1-4H3,(H,28,34). The third kappa shape index (κ3) is 4.52. The van der Waals surface area contributed by atoms with Gasteiger partial charge in [0, 0.05) is 23.0 Å². The van der Waals surface area contributed by atoms with E-state index >= 15 is 0 Å². The molecule has 3 aromatic heterocycles. The zero-order valence-electron chi connectivity index (χ0n) is 19.6. The average molecular weight is 476 g/mol. The minimum absolute atomic E-state index is 0.0811. The molecule has 174 valence electrons. The lowest BCUT2D eigenvalue weighted by atomic mass is 10.0. The first-order valence-electron chi connectivity index (χ1n) is 11.2. The normalized spacial score (nSPS) is 11.2. The van der Waals surface area contributed by atoms with E-state index in [1.807, 2.05) is 52.0 Å². The molecular formula is C25H26ClN7O. The lowest BCUT2D eigenvalue weighted by Gasteiger charge is -2.13. The maximum atomic E-state index is 13.0. The van der Waals surface area contributed by atoms with Gasteiger partial charge in [0.2, 0.25) is 0 Å². The van der Waals surface area contributed by atoms with Crippen LogP contribution in [0.4, 0.5) is 0 Å². The second kappa shape index (κ2) is 9.65. The fraction of sp³-hybridized carbons (Fsp3) is 0.320. The summed E-state index contributed by atoms with van der Waals surface area (Å²) in [6.07, 6.45) is 2.80. The summed E-state index contributed by atoms with van der Waals surface area (Å²) in [7, 11) is 0. The van der Waals surface area contributed by atoms with Gasteiger partial charge in [-0.2, -0.15) is 15.5 Å². The number of carbonyl (C=O) groups is 1. The van der Waals surface area contributed by atoms with Crippen LogP contribution in [0.1, 0.15) is 64.9 Å². The van der Waals surface area contributed by atoms with E-state index in [1.54, 1.807) is 21.5 Å². The maximum Gasteiger partial charge on any atom is 0.254 e. The highest BCUT2D eigenvalue weighted by Gasteiger charge is 2.21. The van der Waals surface area contributed by atoms with Crippen molar-refractivity contribution in [2.45, 2.75) is 46.5 Å². The molecule has 0 bridgehead atoms. The smallest absolute Gasteiger partial charge is 0.254 e. The molecule has 0 saturated carbocycles. The van der Waals surface area contributed by atoms with Crippen LogP contribution in [0.5, 0.6) is 0 Å². The molecule has 34 heavy (non-hydrogen) atoms. The number of amides is 1. The van der Waals surface area contributed by atoms with Gasteiger partial charge in [-0.3, -0.25) is 4.79 Å². The van der Waals surface area contributed by atoms with Gasteiger partial charge in [-0.25, -0.2) is 14.2 Å². The molecular weight excluding hydrogens is 450 g/mol. The van der Waals surface area contributed by atoms with Crippen molar-refractivity contribution >= 4 is 23.2 Å². The number of nitrogens with one attached hydrogen (secondary N) is 1. The van der Waals surface area contributed by atoms with Crippen LogP contribution in [0.25, 0.3) is 11.3 Å². The van der Waals surface area contributed by atoms with E-state index in [1.165, 1.54) is 0 Å². The summed E-state index contributed by atoms with van der Waals surface area (Å²) in [4.78, 5) is 17.4. The third-order valence-corrected chi connectivity index (χ3v) is 5.84. The summed E-state index contributed by atoms with van der Waals surface area (Å²) in [5.74, 6) is -0.0989. The molecule has 0 saturated heterocycles. The van der Waals surface area contributed by atoms with E-state index in [4.69, 9.17) is 11.6 Å². The molecule has 4 rings (SSSR count). The molecule has 3 heterocycles. The maximum absolute atomic E-state index is 13.0. The predicted octanol–water partition coefficient (Wildman–Crippen LogP) is 4.54. The van der Waals surface area contributed by atoms with Crippen molar-refractivity contribution in [3.05, 3.63) is 75.5 Å². The van der Waals surface area contributed by atoms with Crippen molar-refractivity contribution < 1.29 is 4.79 Å². The first kappa shape index (κ1) is 23.5. The van der Waals surface area contributed by atoms with Gasteiger partial charge in [0.1, 0.15) is 11.6 Å². The fourth-order valence-electron chi connectivity index (χ4n) is 4.11. The van der Waals surface area contributed by atoms with Crippen molar-refractivity contribution in [3.8, 4) is 11.8 Å². The molecule has 0 aliphatic rings. The first-order chi connectivity index (χ1) is 16.3. The van der Waals surface area contributed by atoms with Crippen LogP contribution in [-0.4, -0.2) is 36.8 Å². The van der Waals surface area contributed by atoms with Gasteiger partial charge in [0.05, 0.1) is 28.8 Å². The number of halogens is 1.